The molecule has 0 bridgehead atoms. The molecular formula is C53H92O2. The van der Waals surface area contributed by atoms with E-state index in [2.05, 4.69) is 78.8 Å². The molecule has 0 aromatic rings. The molecule has 0 amide bonds. The maximum atomic E-state index is 12.9. The number of carbonyl (C=O) groups is 1. The Labute approximate surface area is 343 Å². The second-order valence-electron chi connectivity index (χ2n) is 20.5. The van der Waals surface area contributed by atoms with Crippen LogP contribution in [-0.4, -0.2) is 12.1 Å². The van der Waals surface area contributed by atoms with Crippen LogP contribution in [0.25, 0.3) is 0 Å². The maximum absolute atomic E-state index is 12.9. The summed E-state index contributed by atoms with van der Waals surface area (Å²) in [6.45, 7) is 17.2. The Hall–Kier alpha value is -1.31. The monoisotopic (exact) mass is 761 g/mol. The molecular weight excluding hydrogens is 669 g/mol. The highest BCUT2D eigenvalue weighted by atomic mass is 16.5. The maximum Gasteiger partial charge on any atom is 0.306 e. The molecule has 0 aliphatic heterocycles. The van der Waals surface area contributed by atoms with Gasteiger partial charge in [-0.3, -0.25) is 4.79 Å². The van der Waals surface area contributed by atoms with Gasteiger partial charge in [-0.15, -0.1) is 0 Å². The van der Waals surface area contributed by atoms with Gasteiger partial charge in [0.05, 0.1) is 0 Å². The van der Waals surface area contributed by atoms with E-state index < -0.39 is 0 Å². The molecule has 0 aromatic carbocycles. The topological polar surface area (TPSA) is 26.3 Å². The summed E-state index contributed by atoms with van der Waals surface area (Å²) >= 11 is 0. The second-order valence-corrected chi connectivity index (χ2v) is 20.5. The van der Waals surface area contributed by atoms with Gasteiger partial charge in [0.25, 0.3) is 0 Å². The lowest BCUT2D eigenvalue weighted by Crippen LogP contribution is -2.51. The van der Waals surface area contributed by atoms with Crippen LogP contribution in [0.5, 0.6) is 0 Å². The van der Waals surface area contributed by atoms with Crippen LogP contribution in [0.1, 0.15) is 235 Å². The van der Waals surface area contributed by atoms with Crippen molar-refractivity contribution in [1.82, 2.24) is 0 Å². The summed E-state index contributed by atoms with van der Waals surface area (Å²) in [6, 6.07) is 0. The zero-order valence-electron chi connectivity index (χ0n) is 37.8. The van der Waals surface area contributed by atoms with Crippen LogP contribution < -0.4 is 0 Å². The number of hydrogen-bond acceptors (Lipinski definition) is 2. The van der Waals surface area contributed by atoms with Gasteiger partial charge in [-0.05, 0) is 129 Å². The predicted octanol–water partition coefficient (Wildman–Crippen LogP) is 16.7. The third-order valence-corrected chi connectivity index (χ3v) is 16.2. The molecule has 3 fully saturated rings. The van der Waals surface area contributed by atoms with E-state index in [9.17, 15) is 4.79 Å². The summed E-state index contributed by atoms with van der Waals surface area (Å²) in [5, 5.41) is 0. The fourth-order valence-corrected chi connectivity index (χ4v) is 12.2. The van der Waals surface area contributed by atoms with E-state index in [0.29, 0.717) is 29.1 Å². The lowest BCUT2D eigenvalue weighted by molar-refractivity contribution is -0.151. The van der Waals surface area contributed by atoms with Gasteiger partial charge in [-0.1, -0.05) is 181 Å². The molecule has 0 heterocycles. The van der Waals surface area contributed by atoms with Crippen molar-refractivity contribution >= 4 is 5.97 Å². The Balaban J connectivity index is 1.02. The minimum atomic E-state index is 0.0548. The molecule has 4 aliphatic rings. The molecule has 2 heteroatoms. The van der Waals surface area contributed by atoms with Crippen molar-refractivity contribution in [1.29, 1.82) is 0 Å². The molecule has 3 saturated carbocycles. The summed E-state index contributed by atoms with van der Waals surface area (Å²) < 4.78 is 6.16. The third kappa shape index (κ3) is 14.2. The largest absolute Gasteiger partial charge is 0.462 e. The molecule has 0 spiro atoms. The second kappa shape index (κ2) is 24.6. The van der Waals surface area contributed by atoms with E-state index in [4.69, 9.17) is 4.74 Å². The third-order valence-electron chi connectivity index (χ3n) is 16.2. The number of allylic oxidation sites excluding steroid dienone is 5. The van der Waals surface area contributed by atoms with Gasteiger partial charge in [0.15, 0.2) is 0 Å². The van der Waals surface area contributed by atoms with Crippen molar-refractivity contribution in [3.8, 4) is 0 Å². The van der Waals surface area contributed by atoms with Crippen molar-refractivity contribution in [3.05, 3.63) is 36.0 Å². The molecule has 0 saturated heterocycles. The Bertz CT molecular complexity index is 1160. The highest BCUT2D eigenvalue weighted by Gasteiger charge is 2.59. The van der Waals surface area contributed by atoms with Crippen LogP contribution in [0, 0.1) is 52.3 Å². The Morgan fingerprint density at radius 1 is 0.709 bits per heavy atom. The van der Waals surface area contributed by atoms with Gasteiger partial charge in [0.2, 0.25) is 0 Å². The first-order valence-corrected chi connectivity index (χ1v) is 24.8. The Morgan fingerprint density at radius 3 is 1.89 bits per heavy atom. The number of unbranched alkanes of at least 4 members (excludes halogenated alkanes) is 18. The minimum absolute atomic E-state index is 0.0548. The minimum Gasteiger partial charge on any atom is -0.462 e. The van der Waals surface area contributed by atoms with Crippen LogP contribution >= 0.6 is 0 Å². The summed E-state index contributed by atoms with van der Waals surface area (Å²) in [4.78, 5) is 12.9. The predicted molar refractivity (Wildman–Crippen MR) is 239 cm³/mol. The van der Waals surface area contributed by atoms with E-state index in [1.807, 2.05) is 0 Å². The van der Waals surface area contributed by atoms with E-state index in [1.54, 1.807) is 5.57 Å². The zero-order valence-corrected chi connectivity index (χ0v) is 37.8. The molecule has 0 N–H and O–H groups in total. The van der Waals surface area contributed by atoms with Gasteiger partial charge >= 0.3 is 5.97 Å². The number of fused-ring (bicyclic) bond motifs is 5. The summed E-state index contributed by atoms with van der Waals surface area (Å²) in [5.74, 6) is 5.47. The number of rotatable bonds is 27. The fraction of sp³-hybridized carbons (Fsp3) is 0.868. The van der Waals surface area contributed by atoms with Crippen LogP contribution in [-0.2, 0) is 9.53 Å². The van der Waals surface area contributed by atoms with Crippen molar-refractivity contribution in [2.45, 2.75) is 241 Å². The van der Waals surface area contributed by atoms with Crippen molar-refractivity contribution in [2.75, 3.05) is 0 Å². The normalized spacial score (nSPS) is 30.3. The fourth-order valence-electron chi connectivity index (χ4n) is 12.2. The van der Waals surface area contributed by atoms with Gasteiger partial charge in [-0.25, -0.2) is 0 Å². The molecule has 316 valence electrons. The lowest BCUT2D eigenvalue weighted by Gasteiger charge is -2.58. The number of ether oxygens (including phenoxy) is 1. The highest BCUT2D eigenvalue weighted by Crippen LogP contribution is 2.67. The van der Waals surface area contributed by atoms with E-state index >= 15 is 0 Å². The number of carbonyl (C=O) groups excluding carboxylic acids is 1. The smallest absolute Gasteiger partial charge is 0.306 e. The van der Waals surface area contributed by atoms with E-state index in [-0.39, 0.29) is 12.1 Å². The van der Waals surface area contributed by atoms with Crippen molar-refractivity contribution in [2.24, 2.45) is 52.3 Å². The van der Waals surface area contributed by atoms with Crippen LogP contribution in [0.3, 0.4) is 0 Å². The molecule has 9 unspecified atom stereocenters. The van der Waals surface area contributed by atoms with Crippen LogP contribution in [0.15, 0.2) is 36.0 Å². The Kier molecular flexibility index (Phi) is 20.7. The first kappa shape index (κ1) is 46.4. The van der Waals surface area contributed by atoms with Gasteiger partial charge in [0.1, 0.15) is 6.10 Å². The van der Waals surface area contributed by atoms with Crippen molar-refractivity contribution in [3.63, 3.8) is 0 Å². The van der Waals surface area contributed by atoms with Crippen LogP contribution in [0.2, 0.25) is 0 Å². The quantitative estimate of drug-likeness (QED) is 0.0473. The summed E-state index contributed by atoms with van der Waals surface area (Å²) in [7, 11) is 0. The Morgan fingerprint density at radius 2 is 1.29 bits per heavy atom. The average Bonchev–Trinajstić information content (AvgIpc) is 3.53. The first-order valence-electron chi connectivity index (χ1n) is 24.8. The lowest BCUT2D eigenvalue weighted by atomic mass is 9.47. The molecule has 4 rings (SSSR count). The molecule has 0 radical (unpaired) electrons. The molecule has 4 aliphatic carbocycles. The zero-order chi connectivity index (χ0) is 39.5. The number of esters is 1. The summed E-state index contributed by atoms with van der Waals surface area (Å²) in [5.41, 5.74) is 2.43. The van der Waals surface area contributed by atoms with Gasteiger partial charge < -0.3 is 4.74 Å². The molecule has 55 heavy (non-hydrogen) atoms. The van der Waals surface area contributed by atoms with Crippen molar-refractivity contribution < 1.29 is 9.53 Å². The number of hydrogen-bond donors (Lipinski definition) is 0. The van der Waals surface area contributed by atoms with Gasteiger partial charge in [-0.2, -0.15) is 0 Å². The molecule has 9 atom stereocenters. The molecule has 0 aromatic heterocycles. The summed E-state index contributed by atoms with van der Waals surface area (Å²) in [6.07, 6.45) is 50.4. The standard InChI is InChI=1S/C53H92O2/c1-8-9-10-11-12-13-14-15-16-17-18-19-20-21-22-23-24-25-26-27-28-29-30-51(54)55-46-37-39-52(6)45(41-46)33-34-47-49-36-35-48(53(49,7)40-38-50(47)52)44(5)32-31-43(4)42(2)3/h20-21,31-33,42-44,46-50H,8-19,22-30,34-41H2,1-7H3/b21-20-,32-31+. The SMILES string of the molecule is CCCCCCCCCCCCC/C=C\CCCCCCCCCC(=O)OC1CCC2(C)C(=CCC3C2CCC2(C)C(C(C)/C=C/C(C)C(C)C)CCC32)C1. The first-order chi connectivity index (χ1) is 26.6. The molecule has 2 nitrogen and oxygen atoms in total. The van der Waals surface area contributed by atoms with E-state index in [0.717, 1.165) is 55.3 Å². The van der Waals surface area contributed by atoms with Gasteiger partial charge in [0, 0.05) is 12.8 Å². The van der Waals surface area contributed by atoms with Crippen LogP contribution in [0.4, 0.5) is 0 Å². The highest BCUT2D eigenvalue weighted by molar-refractivity contribution is 5.69. The average molecular weight is 761 g/mol. The van der Waals surface area contributed by atoms with E-state index in [1.165, 1.54) is 154 Å².